The van der Waals surface area contributed by atoms with Gasteiger partial charge in [0.1, 0.15) is 5.82 Å². The first-order valence-electron chi connectivity index (χ1n) is 6.34. The summed E-state index contributed by atoms with van der Waals surface area (Å²) in [5.74, 6) is 0.412. The molecule has 0 radical (unpaired) electrons. The predicted octanol–water partition coefficient (Wildman–Crippen LogP) is 4.07. The maximum atomic E-state index is 11.5. The molecule has 1 heterocycles. The lowest BCUT2D eigenvalue weighted by molar-refractivity contribution is -0.118. The van der Waals surface area contributed by atoms with Crippen molar-refractivity contribution in [2.45, 2.75) is 13.8 Å². The zero-order valence-corrected chi connectivity index (χ0v) is 12.1. The topological polar surface area (TPSA) is 54.0 Å². The Morgan fingerprint density at radius 1 is 1.20 bits per heavy atom. The van der Waals surface area contributed by atoms with E-state index in [-0.39, 0.29) is 11.8 Å². The van der Waals surface area contributed by atoms with Crippen molar-refractivity contribution in [3.8, 4) is 0 Å². The number of aromatic nitrogens is 1. The highest BCUT2D eigenvalue weighted by atomic mass is 35.5. The lowest BCUT2D eigenvalue weighted by Crippen LogP contribution is -2.18. The second kappa shape index (κ2) is 6.39. The van der Waals surface area contributed by atoms with Crippen molar-refractivity contribution < 1.29 is 4.79 Å². The smallest absolute Gasteiger partial charge is 0.228 e. The van der Waals surface area contributed by atoms with Crippen LogP contribution in [0.25, 0.3) is 0 Å². The molecule has 0 aliphatic rings. The van der Waals surface area contributed by atoms with E-state index in [0.717, 1.165) is 11.4 Å². The number of halogens is 1. The van der Waals surface area contributed by atoms with E-state index in [9.17, 15) is 4.79 Å². The number of benzene rings is 1. The van der Waals surface area contributed by atoms with E-state index in [0.29, 0.717) is 10.8 Å². The number of rotatable bonds is 4. The molecule has 0 aliphatic carbocycles. The first-order chi connectivity index (χ1) is 9.56. The number of hydrogen-bond acceptors (Lipinski definition) is 3. The fourth-order valence-electron chi connectivity index (χ4n) is 1.53. The summed E-state index contributed by atoms with van der Waals surface area (Å²) in [5, 5.41) is 6.55. The molecular formula is C15H16ClN3O. The Balaban J connectivity index is 2.05. The predicted molar refractivity (Wildman–Crippen MR) is 82.4 cm³/mol. The molecule has 1 amide bonds. The minimum Gasteiger partial charge on any atom is -0.353 e. The van der Waals surface area contributed by atoms with Crippen LogP contribution in [0.1, 0.15) is 13.8 Å². The SMILES string of the molecule is CC(C)C(=O)Nc1ccc(Nc2ccccc2Cl)cn1. The van der Waals surface area contributed by atoms with Crippen molar-refractivity contribution in [3.63, 3.8) is 0 Å². The minimum absolute atomic E-state index is 0.0516. The molecule has 0 aliphatic heterocycles. The van der Waals surface area contributed by atoms with Gasteiger partial charge in [-0.3, -0.25) is 4.79 Å². The van der Waals surface area contributed by atoms with Gasteiger partial charge < -0.3 is 10.6 Å². The Morgan fingerprint density at radius 2 is 1.95 bits per heavy atom. The molecule has 5 heteroatoms. The first-order valence-corrected chi connectivity index (χ1v) is 6.72. The number of pyridine rings is 1. The highest BCUT2D eigenvalue weighted by Gasteiger charge is 2.07. The molecule has 0 atom stereocenters. The Hall–Kier alpha value is -2.07. The van der Waals surface area contributed by atoms with Gasteiger partial charge in [0, 0.05) is 5.92 Å². The summed E-state index contributed by atoms with van der Waals surface area (Å²) in [4.78, 5) is 15.7. The van der Waals surface area contributed by atoms with Crippen LogP contribution < -0.4 is 10.6 Å². The summed E-state index contributed by atoms with van der Waals surface area (Å²) in [6, 6.07) is 11.1. The second-order valence-electron chi connectivity index (χ2n) is 4.68. The Bertz CT molecular complexity index is 596. The standard InChI is InChI=1S/C15H16ClN3O/c1-10(2)15(20)19-14-8-7-11(9-17-14)18-13-6-4-3-5-12(13)16/h3-10,18H,1-2H3,(H,17,19,20). The maximum absolute atomic E-state index is 11.5. The van der Waals surface area contributed by atoms with Crippen molar-refractivity contribution in [2.24, 2.45) is 5.92 Å². The third kappa shape index (κ3) is 3.71. The zero-order chi connectivity index (χ0) is 14.5. The molecule has 2 N–H and O–H groups in total. The van der Waals surface area contributed by atoms with E-state index in [2.05, 4.69) is 15.6 Å². The van der Waals surface area contributed by atoms with Gasteiger partial charge in [-0.15, -0.1) is 0 Å². The molecule has 20 heavy (non-hydrogen) atoms. The average Bonchev–Trinajstić information content (AvgIpc) is 2.43. The summed E-state index contributed by atoms with van der Waals surface area (Å²) < 4.78 is 0. The minimum atomic E-state index is -0.0715. The Labute approximate surface area is 123 Å². The lowest BCUT2D eigenvalue weighted by atomic mass is 10.2. The molecular weight excluding hydrogens is 274 g/mol. The fourth-order valence-corrected chi connectivity index (χ4v) is 1.71. The normalized spacial score (nSPS) is 10.4. The van der Waals surface area contributed by atoms with Gasteiger partial charge in [0.25, 0.3) is 0 Å². The lowest BCUT2D eigenvalue weighted by Gasteiger charge is -2.10. The van der Waals surface area contributed by atoms with E-state index in [1.54, 1.807) is 12.3 Å². The van der Waals surface area contributed by atoms with Gasteiger partial charge in [-0.25, -0.2) is 4.98 Å². The van der Waals surface area contributed by atoms with E-state index >= 15 is 0 Å². The van der Waals surface area contributed by atoms with Crippen molar-refractivity contribution in [2.75, 3.05) is 10.6 Å². The molecule has 0 spiro atoms. The molecule has 4 nitrogen and oxygen atoms in total. The van der Waals surface area contributed by atoms with Crippen LogP contribution in [0.4, 0.5) is 17.2 Å². The number of nitrogens with one attached hydrogen (secondary N) is 2. The van der Waals surface area contributed by atoms with E-state index < -0.39 is 0 Å². The van der Waals surface area contributed by atoms with Gasteiger partial charge in [0.05, 0.1) is 22.6 Å². The number of carbonyl (C=O) groups excluding carboxylic acids is 1. The van der Waals surface area contributed by atoms with E-state index in [1.807, 2.05) is 44.2 Å². The number of para-hydroxylation sites is 1. The second-order valence-corrected chi connectivity index (χ2v) is 5.09. The number of anilines is 3. The van der Waals surface area contributed by atoms with Crippen molar-refractivity contribution >= 4 is 34.7 Å². The van der Waals surface area contributed by atoms with Gasteiger partial charge in [0.2, 0.25) is 5.91 Å². The van der Waals surface area contributed by atoms with Crippen LogP contribution in [-0.2, 0) is 4.79 Å². The summed E-state index contributed by atoms with van der Waals surface area (Å²) in [5.41, 5.74) is 1.62. The van der Waals surface area contributed by atoms with E-state index in [4.69, 9.17) is 11.6 Å². The number of carbonyl (C=O) groups is 1. The molecule has 1 aromatic carbocycles. The average molecular weight is 290 g/mol. The largest absolute Gasteiger partial charge is 0.353 e. The molecule has 0 bridgehead atoms. The van der Waals surface area contributed by atoms with Crippen LogP contribution in [0.2, 0.25) is 5.02 Å². The number of hydrogen-bond donors (Lipinski definition) is 2. The van der Waals surface area contributed by atoms with E-state index in [1.165, 1.54) is 0 Å². The number of amides is 1. The third-order valence-corrected chi connectivity index (χ3v) is 3.02. The van der Waals surface area contributed by atoms with Crippen LogP contribution >= 0.6 is 11.6 Å². The van der Waals surface area contributed by atoms with Crippen molar-refractivity contribution in [1.82, 2.24) is 4.98 Å². The molecule has 2 aromatic rings. The molecule has 0 saturated carbocycles. The Kier molecular flexibility index (Phi) is 4.58. The van der Waals surface area contributed by atoms with Crippen molar-refractivity contribution in [1.29, 1.82) is 0 Å². The molecule has 0 unspecified atom stereocenters. The zero-order valence-electron chi connectivity index (χ0n) is 11.4. The van der Waals surface area contributed by atoms with Gasteiger partial charge in [-0.2, -0.15) is 0 Å². The summed E-state index contributed by atoms with van der Waals surface area (Å²) in [6.07, 6.45) is 1.65. The molecule has 104 valence electrons. The van der Waals surface area contributed by atoms with Crippen LogP contribution in [-0.4, -0.2) is 10.9 Å². The van der Waals surface area contributed by atoms with Crippen LogP contribution in [0, 0.1) is 5.92 Å². The summed E-state index contributed by atoms with van der Waals surface area (Å²) >= 11 is 6.07. The van der Waals surface area contributed by atoms with Crippen LogP contribution in [0.5, 0.6) is 0 Å². The highest BCUT2D eigenvalue weighted by Crippen LogP contribution is 2.24. The Morgan fingerprint density at radius 3 is 2.55 bits per heavy atom. The summed E-state index contributed by atoms with van der Waals surface area (Å²) in [7, 11) is 0. The molecule has 2 rings (SSSR count). The maximum Gasteiger partial charge on any atom is 0.228 e. The van der Waals surface area contributed by atoms with Crippen molar-refractivity contribution in [3.05, 3.63) is 47.6 Å². The highest BCUT2D eigenvalue weighted by molar-refractivity contribution is 6.33. The number of nitrogens with zero attached hydrogens (tertiary/aromatic N) is 1. The van der Waals surface area contributed by atoms with Gasteiger partial charge in [-0.1, -0.05) is 37.6 Å². The molecule has 1 aromatic heterocycles. The third-order valence-electron chi connectivity index (χ3n) is 2.69. The first kappa shape index (κ1) is 14.3. The monoisotopic (exact) mass is 289 g/mol. The molecule has 0 saturated heterocycles. The van der Waals surface area contributed by atoms with Crippen LogP contribution in [0.3, 0.4) is 0 Å². The van der Waals surface area contributed by atoms with Gasteiger partial charge in [0.15, 0.2) is 0 Å². The molecule has 0 fully saturated rings. The van der Waals surface area contributed by atoms with Gasteiger partial charge in [-0.05, 0) is 24.3 Å². The van der Waals surface area contributed by atoms with Gasteiger partial charge >= 0.3 is 0 Å². The summed E-state index contributed by atoms with van der Waals surface area (Å²) in [6.45, 7) is 3.67. The fraction of sp³-hybridized carbons (Fsp3) is 0.200. The van der Waals surface area contributed by atoms with Crippen LogP contribution in [0.15, 0.2) is 42.6 Å². The quantitative estimate of drug-likeness (QED) is 0.892.